The van der Waals surface area contributed by atoms with Gasteiger partial charge in [-0.1, -0.05) is 17.7 Å². The fraction of sp³-hybridized carbons (Fsp3) is 0.133. The van der Waals surface area contributed by atoms with E-state index in [2.05, 4.69) is 5.32 Å². The molecule has 2 aromatic carbocycles. The van der Waals surface area contributed by atoms with Crippen molar-refractivity contribution < 1.29 is 18.8 Å². The number of rotatable bonds is 5. The molecular formula is C15H12ClFN2O4. The zero-order valence-electron chi connectivity index (χ0n) is 12.0. The van der Waals surface area contributed by atoms with Crippen molar-refractivity contribution in [1.29, 1.82) is 0 Å². The van der Waals surface area contributed by atoms with E-state index in [0.717, 1.165) is 6.07 Å². The first-order valence-corrected chi connectivity index (χ1v) is 6.91. The number of amides is 1. The van der Waals surface area contributed by atoms with Crippen molar-refractivity contribution in [3.63, 3.8) is 0 Å². The summed E-state index contributed by atoms with van der Waals surface area (Å²) < 4.78 is 18.4. The van der Waals surface area contributed by atoms with Crippen molar-refractivity contribution in [2.75, 3.05) is 5.32 Å². The van der Waals surface area contributed by atoms with Crippen LogP contribution in [0.5, 0.6) is 5.75 Å². The molecule has 0 spiro atoms. The van der Waals surface area contributed by atoms with Gasteiger partial charge in [-0.3, -0.25) is 14.9 Å². The number of non-ortho nitro benzene ring substituents is 1. The fourth-order valence-electron chi connectivity index (χ4n) is 1.75. The summed E-state index contributed by atoms with van der Waals surface area (Å²) >= 11 is 5.63. The van der Waals surface area contributed by atoms with Gasteiger partial charge in [0.2, 0.25) is 0 Å². The maximum atomic E-state index is 13.1. The lowest BCUT2D eigenvalue weighted by molar-refractivity contribution is -0.384. The van der Waals surface area contributed by atoms with Crippen molar-refractivity contribution >= 4 is 28.9 Å². The minimum absolute atomic E-state index is 0.116. The van der Waals surface area contributed by atoms with Gasteiger partial charge in [0.15, 0.2) is 6.10 Å². The third kappa shape index (κ3) is 4.40. The number of hydrogen-bond acceptors (Lipinski definition) is 4. The van der Waals surface area contributed by atoms with Crippen LogP contribution in [0.15, 0.2) is 42.5 Å². The van der Waals surface area contributed by atoms with Crippen LogP contribution in [0.2, 0.25) is 5.02 Å². The molecule has 0 saturated heterocycles. The predicted octanol–water partition coefficient (Wildman–Crippen LogP) is 3.79. The molecule has 6 nitrogen and oxygen atoms in total. The van der Waals surface area contributed by atoms with Crippen LogP contribution >= 0.6 is 11.6 Å². The van der Waals surface area contributed by atoms with Crippen LogP contribution in [-0.4, -0.2) is 16.9 Å². The summed E-state index contributed by atoms with van der Waals surface area (Å²) in [4.78, 5) is 22.2. The number of nitrogens with one attached hydrogen (secondary N) is 1. The summed E-state index contributed by atoms with van der Waals surface area (Å²) in [6.07, 6.45) is -0.916. The number of ether oxygens (including phenoxy) is 1. The maximum absolute atomic E-state index is 13.1. The summed E-state index contributed by atoms with van der Waals surface area (Å²) in [5.74, 6) is -0.899. The van der Waals surface area contributed by atoms with Gasteiger partial charge in [0.25, 0.3) is 11.6 Å². The highest BCUT2D eigenvalue weighted by Gasteiger charge is 2.17. The summed E-state index contributed by atoms with van der Waals surface area (Å²) in [5, 5.41) is 13.1. The summed E-state index contributed by atoms with van der Waals surface area (Å²) in [5.41, 5.74) is 0.177. The normalized spacial score (nSPS) is 11.6. The number of hydrogen-bond donors (Lipinski definition) is 1. The second kappa shape index (κ2) is 7.06. The number of nitro groups is 1. The van der Waals surface area contributed by atoms with E-state index in [1.807, 2.05) is 0 Å². The van der Waals surface area contributed by atoms with Crippen molar-refractivity contribution in [3.8, 4) is 5.75 Å². The van der Waals surface area contributed by atoms with E-state index in [-0.39, 0.29) is 16.5 Å². The molecule has 0 aliphatic heterocycles. The SMILES string of the molecule is C[C@H](Oc1cccc([N+](=O)[O-])c1)C(=O)Nc1ccc(F)c(Cl)c1. The molecule has 0 bridgehead atoms. The summed E-state index contributed by atoms with van der Waals surface area (Å²) in [7, 11) is 0. The lowest BCUT2D eigenvalue weighted by atomic mass is 10.2. The highest BCUT2D eigenvalue weighted by atomic mass is 35.5. The zero-order chi connectivity index (χ0) is 17.0. The molecular weight excluding hydrogens is 327 g/mol. The van der Waals surface area contributed by atoms with Crippen LogP contribution in [0.1, 0.15) is 6.92 Å². The summed E-state index contributed by atoms with van der Waals surface area (Å²) in [6.45, 7) is 1.49. The van der Waals surface area contributed by atoms with E-state index in [0.29, 0.717) is 5.69 Å². The number of benzene rings is 2. The van der Waals surface area contributed by atoms with Crippen molar-refractivity contribution in [1.82, 2.24) is 0 Å². The molecule has 0 fully saturated rings. The Labute approximate surface area is 136 Å². The molecule has 1 amide bonds. The molecule has 120 valence electrons. The average molecular weight is 339 g/mol. The highest BCUT2D eigenvalue weighted by Crippen LogP contribution is 2.22. The second-order valence-corrected chi connectivity index (χ2v) is 5.04. The third-order valence-corrected chi connectivity index (χ3v) is 3.19. The van der Waals surface area contributed by atoms with Crippen molar-refractivity contribution in [2.45, 2.75) is 13.0 Å². The van der Waals surface area contributed by atoms with E-state index in [9.17, 15) is 19.3 Å². The molecule has 23 heavy (non-hydrogen) atoms. The van der Waals surface area contributed by atoms with E-state index >= 15 is 0 Å². The summed E-state index contributed by atoms with van der Waals surface area (Å²) in [6, 6.07) is 9.26. The molecule has 0 aromatic heterocycles. The molecule has 0 aliphatic rings. The van der Waals surface area contributed by atoms with Gasteiger partial charge >= 0.3 is 0 Å². The number of anilines is 1. The predicted molar refractivity (Wildman–Crippen MR) is 83.2 cm³/mol. The molecule has 0 aliphatic carbocycles. The number of carbonyl (C=O) groups is 1. The van der Waals surface area contributed by atoms with E-state index < -0.39 is 22.8 Å². The Hall–Kier alpha value is -2.67. The van der Waals surface area contributed by atoms with E-state index in [4.69, 9.17) is 16.3 Å². The van der Waals surface area contributed by atoms with Crippen LogP contribution in [0.25, 0.3) is 0 Å². The van der Waals surface area contributed by atoms with Crippen LogP contribution in [0.4, 0.5) is 15.8 Å². The number of halogens is 2. The Bertz CT molecular complexity index is 754. The Morgan fingerprint density at radius 3 is 2.74 bits per heavy atom. The van der Waals surface area contributed by atoms with Gasteiger partial charge in [0.1, 0.15) is 11.6 Å². The Balaban J connectivity index is 2.03. The molecule has 2 rings (SSSR count). The van der Waals surface area contributed by atoms with Crippen LogP contribution in [-0.2, 0) is 4.79 Å². The van der Waals surface area contributed by atoms with E-state index in [1.165, 1.54) is 43.3 Å². The third-order valence-electron chi connectivity index (χ3n) is 2.90. The Morgan fingerprint density at radius 2 is 2.09 bits per heavy atom. The maximum Gasteiger partial charge on any atom is 0.273 e. The molecule has 8 heteroatoms. The molecule has 1 N–H and O–H groups in total. The molecule has 0 saturated carbocycles. The van der Waals surface area contributed by atoms with Crippen LogP contribution in [0, 0.1) is 15.9 Å². The minimum atomic E-state index is -0.916. The zero-order valence-corrected chi connectivity index (χ0v) is 12.7. The molecule has 0 unspecified atom stereocenters. The van der Waals surface area contributed by atoms with Gasteiger partial charge in [-0.25, -0.2) is 4.39 Å². The second-order valence-electron chi connectivity index (χ2n) is 4.63. The lowest BCUT2D eigenvalue weighted by Gasteiger charge is -2.14. The first-order chi connectivity index (χ1) is 10.9. The first kappa shape index (κ1) is 16.7. The molecule has 0 heterocycles. The first-order valence-electron chi connectivity index (χ1n) is 6.54. The van der Waals surface area contributed by atoms with Gasteiger partial charge in [-0.2, -0.15) is 0 Å². The average Bonchev–Trinajstić information content (AvgIpc) is 2.51. The van der Waals surface area contributed by atoms with Crippen molar-refractivity contribution in [2.24, 2.45) is 0 Å². The smallest absolute Gasteiger partial charge is 0.273 e. The van der Waals surface area contributed by atoms with Gasteiger partial charge in [0.05, 0.1) is 16.0 Å². The molecule has 1 atom stereocenters. The van der Waals surface area contributed by atoms with Gasteiger partial charge in [-0.05, 0) is 31.2 Å². The largest absolute Gasteiger partial charge is 0.481 e. The standard InChI is InChI=1S/C15H12ClFN2O4/c1-9(23-12-4-2-3-11(8-12)19(21)22)15(20)18-10-5-6-14(17)13(16)7-10/h2-9H,1H3,(H,18,20)/t9-/m0/s1. The van der Waals surface area contributed by atoms with Crippen LogP contribution in [0.3, 0.4) is 0 Å². The highest BCUT2D eigenvalue weighted by molar-refractivity contribution is 6.31. The molecule has 0 radical (unpaired) electrons. The van der Waals surface area contributed by atoms with Gasteiger partial charge in [0, 0.05) is 11.8 Å². The Kier molecular flexibility index (Phi) is 5.13. The topological polar surface area (TPSA) is 81.5 Å². The lowest BCUT2D eigenvalue weighted by Crippen LogP contribution is -2.30. The number of nitro benzene ring substituents is 1. The van der Waals surface area contributed by atoms with Gasteiger partial charge < -0.3 is 10.1 Å². The monoisotopic (exact) mass is 338 g/mol. The van der Waals surface area contributed by atoms with Gasteiger partial charge in [-0.15, -0.1) is 0 Å². The quantitative estimate of drug-likeness (QED) is 0.664. The number of nitrogens with zero attached hydrogens (tertiary/aromatic N) is 1. The van der Waals surface area contributed by atoms with E-state index in [1.54, 1.807) is 0 Å². The fourth-order valence-corrected chi connectivity index (χ4v) is 1.93. The minimum Gasteiger partial charge on any atom is -0.481 e. The number of carbonyl (C=O) groups excluding carboxylic acids is 1. The van der Waals surface area contributed by atoms with Crippen LogP contribution < -0.4 is 10.1 Å². The molecule has 2 aromatic rings. The van der Waals surface area contributed by atoms with Crippen molar-refractivity contribution in [3.05, 3.63) is 63.4 Å². The Morgan fingerprint density at radius 1 is 1.35 bits per heavy atom.